The molecule has 4 rings (SSSR count). The Kier molecular flexibility index (Phi) is 4.93. The van der Waals surface area contributed by atoms with E-state index in [4.69, 9.17) is 0 Å². The minimum absolute atomic E-state index is 0.111. The van der Waals surface area contributed by atoms with Crippen LogP contribution in [0.1, 0.15) is 58.8 Å². The van der Waals surface area contributed by atoms with Crippen LogP contribution in [0.25, 0.3) is 0 Å². The number of hydrogen-bond acceptors (Lipinski definition) is 4. The van der Waals surface area contributed by atoms with Gasteiger partial charge in [-0.1, -0.05) is 37.3 Å². The van der Waals surface area contributed by atoms with Crippen molar-refractivity contribution in [2.24, 2.45) is 11.8 Å². The standard InChI is InChI=1S/C21H26N4O3/c1-3-17(12-7-5-4-6-8-12)25-18(11-16(24-25)20(27)22-2)21(28)23-19-14-9-13(26)10-15(14)19/h4-8,11,13-15,17,19,26H,3,9-10H2,1-2H3,(H,22,27)(H,23,28). The van der Waals surface area contributed by atoms with Crippen molar-refractivity contribution in [2.75, 3.05) is 7.05 Å². The van der Waals surface area contributed by atoms with E-state index in [1.807, 2.05) is 37.3 Å². The highest BCUT2D eigenvalue weighted by Gasteiger charge is 2.56. The van der Waals surface area contributed by atoms with Crippen molar-refractivity contribution in [3.63, 3.8) is 0 Å². The SMILES string of the molecule is CCC(c1ccccc1)n1nc(C(=O)NC)cc1C(=O)NC1C2CC(O)CC21. The Bertz CT molecular complexity index is 867. The Morgan fingerprint density at radius 1 is 1.21 bits per heavy atom. The van der Waals surface area contributed by atoms with E-state index in [1.54, 1.807) is 17.8 Å². The lowest BCUT2D eigenvalue weighted by Gasteiger charge is -2.19. The van der Waals surface area contributed by atoms with Gasteiger partial charge in [0.2, 0.25) is 0 Å². The molecular formula is C21H26N4O3. The maximum Gasteiger partial charge on any atom is 0.271 e. The lowest BCUT2D eigenvalue weighted by atomic mass is 10.0. The van der Waals surface area contributed by atoms with Crippen LogP contribution in [0.3, 0.4) is 0 Å². The van der Waals surface area contributed by atoms with Gasteiger partial charge in [0.15, 0.2) is 5.69 Å². The number of amides is 2. The molecule has 7 heteroatoms. The number of fused-ring (bicyclic) bond motifs is 1. The number of benzene rings is 1. The Balaban J connectivity index is 1.62. The predicted molar refractivity (Wildman–Crippen MR) is 104 cm³/mol. The molecule has 0 spiro atoms. The second kappa shape index (κ2) is 7.39. The van der Waals surface area contributed by atoms with Gasteiger partial charge in [-0.25, -0.2) is 0 Å². The first kappa shape index (κ1) is 18.7. The summed E-state index contributed by atoms with van der Waals surface area (Å²) >= 11 is 0. The molecule has 2 amide bonds. The topological polar surface area (TPSA) is 96.2 Å². The molecule has 0 saturated heterocycles. The van der Waals surface area contributed by atoms with Crippen molar-refractivity contribution in [2.45, 2.75) is 44.4 Å². The van der Waals surface area contributed by atoms with E-state index in [0.717, 1.165) is 24.8 Å². The number of carbonyl (C=O) groups excluding carboxylic acids is 2. The number of aliphatic hydroxyl groups excluding tert-OH is 1. The highest BCUT2D eigenvalue weighted by atomic mass is 16.3. The van der Waals surface area contributed by atoms with Gasteiger partial charge in [0.25, 0.3) is 11.8 Å². The minimum Gasteiger partial charge on any atom is -0.393 e. The van der Waals surface area contributed by atoms with Crippen molar-refractivity contribution in [3.05, 3.63) is 53.3 Å². The van der Waals surface area contributed by atoms with Crippen LogP contribution in [0.5, 0.6) is 0 Å². The number of rotatable bonds is 6. The lowest BCUT2D eigenvalue weighted by Crippen LogP contribution is -2.32. The Morgan fingerprint density at radius 3 is 2.50 bits per heavy atom. The molecule has 1 heterocycles. The van der Waals surface area contributed by atoms with Crippen LogP contribution in [0.15, 0.2) is 36.4 Å². The molecule has 2 aliphatic carbocycles. The van der Waals surface area contributed by atoms with Crippen LogP contribution in [0, 0.1) is 11.8 Å². The summed E-state index contributed by atoms with van der Waals surface area (Å²) in [5.41, 5.74) is 1.66. The summed E-state index contributed by atoms with van der Waals surface area (Å²) in [6.45, 7) is 2.03. The largest absolute Gasteiger partial charge is 0.393 e. The van der Waals surface area contributed by atoms with Gasteiger partial charge in [0, 0.05) is 19.2 Å². The third-order valence-corrected chi connectivity index (χ3v) is 6.01. The summed E-state index contributed by atoms with van der Waals surface area (Å²) in [7, 11) is 1.55. The summed E-state index contributed by atoms with van der Waals surface area (Å²) < 4.78 is 1.67. The van der Waals surface area contributed by atoms with Gasteiger partial charge in [-0.05, 0) is 36.7 Å². The minimum atomic E-state index is -0.317. The third-order valence-electron chi connectivity index (χ3n) is 6.01. The molecule has 3 unspecified atom stereocenters. The normalized spacial score (nSPS) is 26.4. The van der Waals surface area contributed by atoms with E-state index in [9.17, 15) is 14.7 Å². The molecular weight excluding hydrogens is 356 g/mol. The number of carbonyl (C=O) groups is 2. The smallest absolute Gasteiger partial charge is 0.271 e. The van der Waals surface area contributed by atoms with Crippen molar-refractivity contribution in [1.82, 2.24) is 20.4 Å². The van der Waals surface area contributed by atoms with E-state index in [1.165, 1.54) is 0 Å². The van der Waals surface area contributed by atoms with E-state index >= 15 is 0 Å². The van der Waals surface area contributed by atoms with Crippen molar-refractivity contribution in [1.29, 1.82) is 0 Å². The van der Waals surface area contributed by atoms with E-state index in [2.05, 4.69) is 15.7 Å². The summed E-state index contributed by atoms with van der Waals surface area (Å²) in [6.07, 6.45) is 2.00. The average molecular weight is 382 g/mol. The molecule has 2 fully saturated rings. The van der Waals surface area contributed by atoms with Crippen molar-refractivity contribution >= 4 is 11.8 Å². The van der Waals surface area contributed by atoms with Gasteiger partial charge in [-0.2, -0.15) is 5.10 Å². The summed E-state index contributed by atoms with van der Waals surface area (Å²) in [6, 6.07) is 11.4. The van der Waals surface area contributed by atoms with Crippen LogP contribution >= 0.6 is 0 Å². The second-order valence-electron chi connectivity index (χ2n) is 7.73. The molecule has 0 bridgehead atoms. The van der Waals surface area contributed by atoms with Gasteiger partial charge in [0.05, 0.1) is 12.1 Å². The molecule has 7 nitrogen and oxygen atoms in total. The number of aliphatic hydroxyl groups is 1. The Labute approximate surface area is 164 Å². The van der Waals surface area contributed by atoms with Crippen LogP contribution < -0.4 is 10.6 Å². The van der Waals surface area contributed by atoms with E-state index in [0.29, 0.717) is 17.5 Å². The number of nitrogens with zero attached hydrogens (tertiary/aromatic N) is 2. The lowest BCUT2D eigenvalue weighted by molar-refractivity contribution is 0.0922. The zero-order valence-corrected chi connectivity index (χ0v) is 16.1. The molecule has 0 radical (unpaired) electrons. The zero-order chi connectivity index (χ0) is 19.8. The van der Waals surface area contributed by atoms with Crippen LogP contribution in [-0.4, -0.2) is 45.9 Å². The molecule has 2 aliphatic rings. The summed E-state index contributed by atoms with van der Waals surface area (Å²) in [4.78, 5) is 25.2. The highest BCUT2D eigenvalue weighted by Crippen LogP contribution is 2.52. The Morgan fingerprint density at radius 2 is 1.89 bits per heavy atom. The van der Waals surface area contributed by atoms with Crippen LogP contribution in [-0.2, 0) is 0 Å². The fraction of sp³-hybridized carbons (Fsp3) is 0.476. The van der Waals surface area contributed by atoms with Gasteiger partial charge in [-0.15, -0.1) is 0 Å². The third kappa shape index (κ3) is 3.30. The number of hydrogen-bond donors (Lipinski definition) is 3. The molecule has 0 aliphatic heterocycles. The van der Waals surface area contributed by atoms with Gasteiger partial charge >= 0.3 is 0 Å². The molecule has 1 aromatic carbocycles. The molecule has 148 valence electrons. The molecule has 1 aromatic heterocycles. The van der Waals surface area contributed by atoms with Crippen LogP contribution in [0.2, 0.25) is 0 Å². The maximum absolute atomic E-state index is 13.0. The zero-order valence-electron chi connectivity index (χ0n) is 16.1. The molecule has 2 saturated carbocycles. The first-order valence-electron chi connectivity index (χ1n) is 9.89. The molecule has 3 N–H and O–H groups in total. The number of aromatic nitrogens is 2. The summed E-state index contributed by atoms with van der Waals surface area (Å²) in [5, 5.41) is 19.8. The fourth-order valence-corrected chi connectivity index (χ4v) is 4.52. The maximum atomic E-state index is 13.0. The number of nitrogens with one attached hydrogen (secondary N) is 2. The van der Waals surface area contributed by atoms with Gasteiger partial charge in [-0.3, -0.25) is 14.3 Å². The quantitative estimate of drug-likeness (QED) is 0.709. The van der Waals surface area contributed by atoms with Crippen molar-refractivity contribution < 1.29 is 14.7 Å². The Hall–Kier alpha value is -2.67. The average Bonchev–Trinajstić information content (AvgIpc) is 3.06. The molecule has 2 aromatic rings. The molecule has 28 heavy (non-hydrogen) atoms. The van der Waals surface area contributed by atoms with Crippen molar-refractivity contribution in [3.8, 4) is 0 Å². The monoisotopic (exact) mass is 382 g/mol. The second-order valence-corrected chi connectivity index (χ2v) is 7.73. The van der Waals surface area contributed by atoms with E-state index in [-0.39, 0.29) is 35.7 Å². The van der Waals surface area contributed by atoms with Gasteiger partial charge < -0.3 is 15.7 Å². The molecule has 3 atom stereocenters. The van der Waals surface area contributed by atoms with E-state index < -0.39 is 0 Å². The fourth-order valence-electron chi connectivity index (χ4n) is 4.52. The predicted octanol–water partition coefficient (Wildman–Crippen LogP) is 1.74. The first-order valence-corrected chi connectivity index (χ1v) is 9.89. The van der Waals surface area contributed by atoms with Crippen LogP contribution in [0.4, 0.5) is 0 Å². The highest BCUT2D eigenvalue weighted by molar-refractivity contribution is 5.98. The summed E-state index contributed by atoms with van der Waals surface area (Å²) in [5.74, 6) is 0.197. The van der Waals surface area contributed by atoms with Gasteiger partial charge in [0.1, 0.15) is 5.69 Å². The first-order chi connectivity index (χ1) is 13.5.